The number of likely N-dealkylation sites (N-methyl/N-ethyl adjacent to an activating group) is 1. The van der Waals surface area contributed by atoms with Crippen LogP contribution in [-0.2, 0) is 4.74 Å². The summed E-state index contributed by atoms with van der Waals surface area (Å²) in [6.45, 7) is 20.2. The number of amides is 1. The van der Waals surface area contributed by atoms with Crippen molar-refractivity contribution < 1.29 is 9.53 Å². The number of aliphatic imine (C=N–C) groups is 1. The van der Waals surface area contributed by atoms with Gasteiger partial charge in [0.2, 0.25) is 0 Å². The van der Waals surface area contributed by atoms with Gasteiger partial charge in [-0.05, 0) is 46.6 Å². The fourth-order valence-electron chi connectivity index (χ4n) is 3.86. The molecule has 1 aliphatic heterocycles. The number of rotatable bonds is 9. The summed E-state index contributed by atoms with van der Waals surface area (Å²) in [6, 6.07) is 0.453. The van der Waals surface area contributed by atoms with Crippen LogP contribution in [-0.4, -0.2) is 92.4 Å². The smallest absolute Gasteiger partial charge is 0.408 e. The van der Waals surface area contributed by atoms with E-state index in [0.717, 1.165) is 51.5 Å². The van der Waals surface area contributed by atoms with E-state index in [1.54, 1.807) is 7.05 Å². The Balaban J connectivity index is 0.00000961. The average molecular weight is 569 g/mol. The van der Waals surface area contributed by atoms with E-state index in [9.17, 15) is 4.79 Å². The Morgan fingerprint density at radius 1 is 1.06 bits per heavy atom. The Bertz CT molecular complexity index is 567. The summed E-state index contributed by atoms with van der Waals surface area (Å²) in [5, 5.41) is 10.0. The minimum atomic E-state index is -0.516. The molecule has 32 heavy (non-hydrogen) atoms. The topological polar surface area (TPSA) is 81.2 Å². The molecule has 9 heteroatoms. The van der Waals surface area contributed by atoms with Crippen molar-refractivity contribution in [2.24, 2.45) is 10.9 Å². The van der Waals surface area contributed by atoms with E-state index in [1.807, 2.05) is 20.8 Å². The minimum Gasteiger partial charge on any atom is -0.444 e. The number of piperazine rings is 1. The van der Waals surface area contributed by atoms with E-state index in [0.29, 0.717) is 18.5 Å². The molecule has 0 aromatic carbocycles. The van der Waals surface area contributed by atoms with Crippen molar-refractivity contribution in [3.05, 3.63) is 0 Å². The van der Waals surface area contributed by atoms with Crippen molar-refractivity contribution in [1.82, 2.24) is 25.8 Å². The second kappa shape index (κ2) is 14.5. The number of nitrogens with one attached hydrogen (secondary N) is 3. The van der Waals surface area contributed by atoms with Crippen molar-refractivity contribution in [3.8, 4) is 0 Å². The predicted molar refractivity (Wildman–Crippen MR) is 145 cm³/mol. The minimum absolute atomic E-state index is 0. The summed E-state index contributed by atoms with van der Waals surface area (Å²) in [7, 11) is 3.97. The number of nitrogens with zero attached hydrogens (tertiary/aromatic N) is 3. The fraction of sp³-hybridized carbons (Fsp3) is 0.913. The van der Waals surface area contributed by atoms with Crippen LogP contribution in [0.5, 0.6) is 0 Å². The molecule has 1 aliphatic rings. The molecule has 0 aromatic rings. The van der Waals surface area contributed by atoms with Gasteiger partial charge in [0, 0.05) is 52.4 Å². The summed E-state index contributed by atoms with van der Waals surface area (Å²) < 4.78 is 5.48. The van der Waals surface area contributed by atoms with Crippen LogP contribution < -0.4 is 16.0 Å². The van der Waals surface area contributed by atoms with Crippen molar-refractivity contribution in [3.63, 3.8) is 0 Å². The van der Waals surface area contributed by atoms with Crippen molar-refractivity contribution >= 4 is 36.0 Å². The van der Waals surface area contributed by atoms with Crippen LogP contribution in [0.2, 0.25) is 0 Å². The molecule has 1 heterocycles. The van der Waals surface area contributed by atoms with Gasteiger partial charge in [0.05, 0.1) is 5.54 Å². The fourth-order valence-corrected chi connectivity index (χ4v) is 3.86. The van der Waals surface area contributed by atoms with Crippen molar-refractivity contribution in [2.75, 3.05) is 53.4 Å². The van der Waals surface area contributed by atoms with Crippen LogP contribution in [0.3, 0.4) is 0 Å². The SMILES string of the molecule is CCC(CC)(CNC(=NC)NCC(C(C)C)N1CCN(C)CC1)NC(=O)OC(C)(C)C.I. The van der Waals surface area contributed by atoms with Gasteiger partial charge in [-0.25, -0.2) is 4.79 Å². The standard InChI is InChI=1S/C23H48N6O2.HI/c1-10-23(11-2,27-21(30)31-22(5,6)7)17-26-20(24-8)25-16-19(18(3)4)29-14-12-28(9)13-15-29;/h18-19H,10-17H2,1-9H3,(H,27,30)(H2,24,25,26);1H. The number of halogens is 1. The summed E-state index contributed by atoms with van der Waals surface area (Å²) in [6.07, 6.45) is 1.21. The van der Waals surface area contributed by atoms with Crippen LogP contribution >= 0.6 is 24.0 Å². The van der Waals surface area contributed by atoms with Crippen LogP contribution in [0.1, 0.15) is 61.3 Å². The number of hydrogen-bond donors (Lipinski definition) is 3. The highest BCUT2D eigenvalue weighted by Gasteiger charge is 2.31. The lowest BCUT2D eigenvalue weighted by Gasteiger charge is -2.40. The van der Waals surface area contributed by atoms with Gasteiger partial charge in [-0.15, -0.1) is 24.0 Å². The first-order valence-electron chi connectivity index (χ1n) is 11.8. The van der Waals surface area contributed by atoms with Gasteiger partial charge in [0.1, 0.15) is 5.60 Å². The lowest BCUT2D eigenvalue weighted by atomic mass is 9.93. The van der Waals surface area contributed by atoms with E-state index < -0.39 is 11.1 Å². The largest absolute Gasteiger partial charge is 0.444 e. The summed E-state index contributed by atoms with van der Waals surface area (Å²) in [5.74, 6) is 1.31. The Kier molecular flexibility index (Phi) is 14.1. The summed E-state index contributed by atoms with van der Waals surface area (Å²) in [4.78, 5) is 21.8. The molecule has 0 radical (unpaired) electrons. The molecule has 0 bridgehead atoms. The summed E-state index contributed by atoms with van der Waals surface area (Å²) in [5.41, 5.74) is -0.910. The number of carbonyl (C=O) groups is 1. The third-order valence-corrected chi connectivity index (χ3v) is 6.19. The van der Waals surface area contributed by atoms with Crippen molar-refractivity contribution in [1.29, 1.82) is 0 Å². The average Bonchev–Trinajstić information content (AvgIpc) is 2.69. The first-order valence-corrected chi connectivity index (χ1v) is 11.8. The summed E-state index contributed by atoms with van der Waals surface area (Å²) >= 11 is 0. The Morgan fingerprint density at radius 3 is 2.06 bits per heavy atom. The maximum absolute atomic E-state index is 12.4. The molecule has 3 N–H and O–H groups in total. The molecule has 190 valence electrons. The van der Waals surface area contributed by atoms with Crippen LogP contribution in [0, 0.1) is 5.92 Å². The van der Waals surface area contributed by atoms with Gasteiger partial charge < -0.3 is 25.6 Å². The molecule has 0 aliphatic carbocycles. The highest BCUT2D eigenvalue weighted by atomic mass is 127. The van der Waals surface area contributed by atoms with Gasteiger partial charge in [-0.3, -0.25) is 9.89 Å². The molecule has 0 spiro atoms. The molecule has 1 unspecified atom stereocenters. The normalized spacial score (nSPS) is 17.5. The number of carbonyl (C=O) groups excluding carboxylic acids is 1. The predicted octanol–water partition coefficient (Wildman–Crippen LogP) is 3.12. The highest BCUT2D eigenvalue weighted by molar-refractivity contribution is 14.0. The van der Waals surface area contributed by atoms with Gasteiger partial charge in [-0.2, -0.15) is 0 Å². The Hall–Kier alpha value is -0.810. The Labute approximate surface area is 213 Å². The van der Waals surface area contributed by atoms with E-state index >= 15 is 0 Å². The van der Waals surface area contributed by atoms with Crippen LogP contribution in [0.4, 0.5) is 4.79 Å². The molecule has 1 fully saturated rings. The molecule has 1 atom stereocenters. The number of guanidine groups is 1. The molecular weight excluding hydrogens is 519 g/mol. The number of ether oxygens (including phenoxy) is 1. The van der Waals surface area contributed by atoms with E-state index in [2.05, 4.69) is 65.5 Å². The number of hydrogen-bond acceptors (Lipinski definition) is 5. The maximum Gasteiger partial charge on any atom is 0.408 e. The quantitative estimate of drug-likeness (QED) is 0.225. The number of alkyl carbamates (subject to hydrolysis) is 1. The van der Waals surface area contributed by atoms with Gasteiger partial charge in [0.25, 0.3) is 0 Å². The molecule has 1 rings (SSSR count). The van der Waals surface area contributed by atoms with Crippen LogP contribution in [0.25, 0.3) is 0 Å². The molecule has 8 nitrogen and oxygen atoms in total. The first kappa shape index (κ1) is 31.2. The highest BCUT2D eigenvalue weighted by Crippen LogP contribution is 2.17. The zero-order chi connectivity index (χ0) is 23.7. The lowest BCUT2D eigenvalue weighted by molar-refractivity contribution is 0.0448. The maximum atomic E-state index is 12.4. The van der Waals surface area contributed by atoms with Crippen LogP contribution in [0.15, 0.2) is 4.99 Å². The first-order chi connectivity index (χ1) is 14.4. The molecule has 0 aromatic heterocycles. The van der Waals surface area contributed by atoms with E-state index in [-0.39, 0.29) is 30.1 Å². The zero-order valence-electron chi connectivity index (χ0n) is 21.9. The molecular formula is C23H49IN6O2. The van der Waals surface area contributed by atoms with Gasteiger partial charge in [-0.1, -0.05) is 27.7 Å². The van der Waals surface area contributed by atoms with Gasteiger partial charge in [0.15, 0.2) is 5.96 Å². The monoisotopic (exact) mass is 568 g/mol. The molecule has 1 saturated heterocycles. The zero-order valence-corrected chi connectivity index (χ0v) is 24.2. The van der Waals surface area contributed by atoms with Gasteiger partial charge >= 0.3 is 6.09 Å². The van der Waals surface area contributed by atoms with Crippen molar-refractivity contribution in [2.45, 2.75) is 78.5 Å². The van der Waals surface area contributed by atoms with E-state index in [4.69, 9.17) is 4.74 Å². The molecule has 1 amide bonds. The molecule has 0 saturated carbocycles. The lowest BCUT2D eigenvalue weighted by Crippen LogP contribution is -2.58. The third kappa shape index (κ3) is 10.9. The Morgan fingerprint density at radius 2 is 1.62 bits per heavy atom. The second-order valence-electron chi connectivity index (χ2n) is 10.1. The third-order valence-electron chi connectivity index (χ3n) is 6.19. The second-order valence-corrected chi connectivity index (χ2v) is 10.1. The van der Waals surface area contributed by atoms with E-state index in [1.165, 1.54) is 0 Å².